The highest BCUT2D eigenvalue weighted by atomic mass is 16.3. The summed E-state index contributed by atoms with van der Waals surface area (Å²) in [6, 6.07) is 3.70. The van der Waals surface area contributed by atoms with Crippen molar-refractivity contribution in [1.29, 1.82) is 0 Å². The number of hydrogen-bond donors (Lipinski definition) is 1. The fourth-order valence-corrected chi connectivity index (χ4v) is 3.85. The molecule has 1 aromatic carbocycles. The van der Waals surface area contributed by atoms with E-state index in [2.05, 4.69) is 27.4 Å². The molecule has 0 spiro atoms. The quantitative estimate of drug-likeness (QED) is 0.510. The highest BCUT2D eigenvalue weighted by Gasteiger charge is 2.30. The molecule has 0 aromatic heterocycles. The molecule has 1 atom stereocenters. The average molecular weight is 326 g/mol. The van der Waals surface area contributed by atoms with Gasteiger partial charge >= 0.3 is 0 Å². The second-order valence-electron chi connectivity index (χ2n) is 6.95. The lowest BCUT2D eigenvalue weighted by Crippen LogP contribution is -2.18. The van der Waals surface area contributed by atoms with Gasteiger partial charge in [0.1, 0.15) is 5.75 Å². The van der Waals surface area contributed by atoms with Crippen LogP contribution >= 0.6 is 0 Å². The van der Waals surface area contributed by atoms with Gasteiger partial charge < -0.3 is 5.11 Å². The molecule has 2 nitrogen and oxygen atoms in total. The van der Waals surface area contributed by atoms with E-state index in [0.717, 1.165) is 55.2 Å². The zero-order valence-electron chi connectivity index (χ0n) is 15.3. The summed E-state index contributed by atoms with van der Waals surface area (Å²) in [5, 5.41) is 10.6. The number of phenolic OH excluding ortho intramolecular Hbond substituents is 1. The maximum atomic E-state index is 12.8. The number of benzene rings is 1. The van der Waals surface area contributed by atoms with Gasteiger partial charge in [0, 0.05) is 5.56 Å². The van der Waals surface area contributed by atoms with Crippen LogP contribution in [-0.2, 0) is 11.2 Å². The van der Waals surface area contributed by atoms with Crippen LogP contribution in [0.5, 0.6) is 5.75 Å². The van der Waals surface area contributed by atoms with Crippen molar-refractivity contribution < 1.29 is 9.90 Å². The number of unbranched alkanes of at least 4 members (excludes halogenated alkanes) is 1. The first-order valence-corrected chi connectivity index (χ1v) is 9.17. The summed E-state index contributed by atoms with van der Waals surface area (Å²) >= 11 is 0. The van der Waals surface area contributed by atoms with E-state index in [9.17, 15) is 9.90 Å². The lowest BCUT2D eigenvalue weighted by Gasteiger charge is -2.28. The van der Waals surface area contributed by atoms with Gasteiger partial charge in [0.2, 0.25) is 0 Å². The maximum absolute atomic E-state index is 12.8. The van der Waals surface area contributed by atoms with E-state index in [1.165, 1.54) is 23.6 Å². The third kappa shape index (κ3) is 3.80. The number of carbonyl (C=O) groups is 1. The third-order valence-electron chi connectivity index (χ3n) is 5.27. The zero-order valence-corrected chi connectivity index (χ0v) is 15.3. The van der Waals surface area contributed by atoms with Crippen molar-refractivity contribution in [3.05, 3.63) is 52.6 Å². The monoisotopic (exact) mass is 326 g/mol. The highest BCUT2D eigenvalue weighted by Crippen LogP contribution is 2.42. The van der Waals surface area contributed by atoms with E-state index < -0.39 is 0 Å². The van der Waals surface area contributed by atoms with E-state index in [1.54, 1.807) is 6.07 Å². The molecule has 0 fully saturated rings. The third-order valence-corrected chi connectivity index (χ3v) is 5.27. The molecule has 1 aromatic rings. The van der Waals surface area contributed by atoms with Gasteiger partial charge in [-0.25, -0.2) is 0 Å². The number of aryl methyl sites for hydroxylation is 1. The minimum Gasteiger partial charge on any atom is -0.508 e. The SMILES string of the molecule is C=CC(=O)C(C1=C(C)CCCC1)c1c(O)ccc(C)c1CCCC. The van der Waals surface area contributed by atoms with Crippen LogP contribution in [0.1, 0.15) is 75.0 Å². The number of phenols is 1. The summed E-state index contributed by atoms with van der Waals surface area (Å²) in [6.45, 7) is 10.1. The molecule has 1 aliphatic carbocycles. The zero-order chi connectivity index (χ0) is 17.7. The van der Waals surface area contributed by atoms with Gasteiger partial charge in [-0.2, -0.15) is 0 Å². The number of ketones is 1. The summed E-state index contributed by atoms with van der Waals surface area (Å²) in [5.74, 6) is -0.114. The van der Waals surface area contributed by atoms with Crippen molar-refractivity contribution in [2.24, 2.45) is 0 Å². The Kier molecular flexibility index (Phi) is 6.42. The first-order chi connectivity index (χ1) is 11.5. The van der Waals surface area contributed by atoms with Crippen LogP contribution in [0.4, 0.5) is 0 Å². The van der Waals surface area contributed by atoms with E-state index in [0.29, 0.717) is 0 Å². The largest absolute Gasteiger partial charge is 0.508 e. The Morgan fingerprint density at radius 2 is 2.00 bits per heavy atom. The Bertz CT molecular complexity index is 652. The van der Waals surface area contributed by atoms with Gasteiger partial charge in [-0.3, -0.25) is 4.79 Å². The summed E-state index contributed by atoms with van der Waals surface area (Å²) in [7, 11) is 0. The van der Waals surface area contributed by atoms with Crippen molar-refractivity contribution in [2.75, 3.05) is 0 Å². The molecule has 0 saturated carbocycles. The van der Waals surface area contributed by atoms with Crippen LogP contribution in [0.25, 0.3) is 0 Å². The number of aromatic hydroxyl groups is 1. The van der Waals surface area contributed by atoms with Crippen molar-refractivity contribution in [3.63, 3.8) is 0 Å². The number of allylic oxidation sites excluding steroid dienone is 3. The second kappa shape index (κ2) is 8.32. The van der Waals surface area contributed by atoms with Gasteiger partial charge in [0.15, 0.2) is 5.78 Å². The first-order valence-electron chi connectivity index (χ1n) is 9.17. The van der Waals surface area contributed by atoms with E-state index in [-0.39, 0.29) is 17.5 Å². The molecule has 1 N–H and O–H groups in total. The van der Waals surface area contributed by atoms with Crippen LogP contribution in [-0.4, -0.2) is 10.9 Å². The van der Waals surface area contributed by atoms with Crippen molar-refractivity contribution in [1.82, 2.24) is 0 Å². The molecule has 0 saturated heterocycles. The molecule has 130 valence electrons. The molecular weight excluding hydrogens is 296 g/mol. The maximum Gasteiger partial charge on any atom is 0.166 e. The number of hydrogen-bond acceptors (Lipinski definition) is 2. The van der Waals surface area contributed by atoms with Crippen LogP contribution in [0.3, 0.4) is 0 Å². The predicted octanol–water partition coefficient (Wildman–Crippen LogP) is 5.77. The summed E-state index contributed by atoms with van der Waals surface area (Å²) in [6.07, 6.45) is 8.77. The highest BCUT2D eigenvalue weighted by molar-refractivity contribution is 5.98. The predicted molar refractivity (Wildman–Crippen MR) is 101 cm³/mol. The summed E-state index contributed by atoms with van der Waals surface area (Å²) in [4.78, 5) is 12.8. The van der Waals surface area contributed by atoms with Crippen LogP contribution < -0.4 is 0 Å². The molecule has 1 aliphatic rings. The molecule has 0 radical (unpaired) electrons. The summed E-state index contributed by atoms with van der Waals surface area (Å²) in [5.41, 5.74) is 5.63. The van der Waals surface area contributed by atoms with Crippen LogP contribution in [0.2, 0.25) is 0 Å². The molecule has 1 unspecified atom stereocenters. The lowest BCUT2D eigenvalue weighted by atomic mass is 9.76. The molecule has 2 heteroatoms. The second-order valence-corrected chi connectivity index (χ2v) is 6.95. The van der Waals surface area contributed by atoms with Gasteiger partial charge in [0.05, 0.1) is 5.92 Å². The Hall–Kier alpha value is -1.83. The molecular formula is C22H30O2. The molecule has 24 heavy (non-hydrogen) atoms. The number of carbonyl (C=O) groups excluding carboxylic acids is 1. The van der Waals surface area contributed by atoms with Crippen molar-refractivity contribution in [3.8, 4) is 5.75 Å². The van der Waals surface area contributed by atoms with E-state index in [4.69, 9.17) is 0 Å². The van der Waals surface area contributed by atoms with Gasteiger partial charge in [0.25, 0.3) is 0 Å². The Morgan fingerprint density at radius 3 is 2.62 bits per heavy atom. The smallest absolute Gasteiger partial charge is 0.166 e. The molecule has 0 amide bonds. The average Bonchev–Trinajstić information content (AvgIpc) is 2.58. The van der Waals surface area contributed by atoms with Crippen LogP contribution in [0, 0.1) is 6.92 Å². The summed E-state index contributed by atoms with van der Waals surface area (Å²) < 4.78 is 0. The Balaban J connectivity index is 2.64. The molecule has 2 rings (SSSR count). The fourth-order valence-electron chi connectivity index (χ4n) is 3.85. The Morgan fingerprint density at radius 1 is 1.29 bits per heavy atom. The number of rotatable bonds is 7. The van der Waals surface area contributed by atoms with Gasteiger partial charge in [-0.15, -0.1) is 0 Å². The van der Waals surface area contributed by atoms with Crippen LogP contribution in [0.15, 0.2) is 35.9 Å². The molecule has 0 heterocycles. The fraction of sp³-hybridized carbons (Fsp3) is 0.500. The normalized spacial score (nSPS) is 16.1. The van der Waals surface area contributed by atoms with Crippen molar-refractivity contribution in [2.45, 2.75) is 71.6 Å². The topological polar surface area (TPSA) is 37.3 Å². The van der Waals surface area contributed by atoms with Gasteiger partial charge in [-0.1, -0.05) is 37.1 Å². The molecule has 0 bridgehead atoms. The van der Waals surface area contributed by atoms with Gasteiger partial charge in [-0.05, 0) is 75.6 Å². The molecule has 0 aliphatic heterocycles. The van der Waals surface area contributed by atoms with Crippen molar-refractivity contribution >= 4 is 5.78 Å². The minimum atomic E-state index is -0.366. The Labute approximate surface area is 146 Å². The lowest BCUT2D eigenvalue weighted by molar-refractivity contribution is -0.115. The first kappa shape index (κ1) is 18.5. The minimum absolute atomic E-state index is 0.00454. The van der Waals surface area contributed by atoms with E-state index in [1.807, 2.05) is 6.07 Å². The standard InChI is InChI=1S/C22H30O2/c1-5-7-11-17-16(4)13-14-20(24)22(17)21(19(23)6-2)18-12-9-8-10-15(18)3/h6,13-14,21,24H,2,5,7-12H2,1,3-4H3. The van der Waals surface area contributed by atoms with E-state index >= 15 is 0 Å².